The Kier molecular flexibility index (Phi) is 4.39. The highest BCUT2D eigenvalue weighted by Gasteiger charge is 2.25. The third kappa shape index (κ3) is 3.30. The van der Waals surface area contributed by atoms with Gasteiger partial charge in [0.2, 0.25) is 0 Å². The number of hydrogen-bond acceptors (Lipinski definition) is 3. The first-order valence-corrected chi connectivity index (χ1v) is 8.53. The zero-order chi connectivity index (χ0) is 17.9. The first-order valence-electron chi connectivity index (χ1n) is 8.15. The third-order valence-corrected chi connectivity index (χ3v) is 4.51. The predicted octanol–water partition coefficient (Wildman–Crippen LogP) is 3.69. The van der Waals surface area contributed by atoms with E-state index in [0.29, 0.717) is 34.9 Å². The smallest absolute Gasteiger partial charge is 0.254 e. The van der Waals surface area contributed by atoms with Crippen LogP contribution < -0.4 is 0 Å². The molecular formula is C21H14ClN3O. The number of rotatable bonds is 1. The van der Waals surface area contributed by atoms with E-state index in [0.717, 1.165) is 11.3 Å². The number of aromatic nitrogens is 2. The maximum absolute atomic E-state index is 12.8. The average molecular weight is 360 g/mol. The van der Waals surface area contributed by atoms with E-state index >= 15 is 0 Å². The molecule has 26 heavy (non-hydrogen) atoms. The monoisotopic (exact) mass is 359 g/mol. The van der Waals surface area contributed by atoms with Crippen LogP contribution in [-0.2, 0) is 13.1 Å². The van der Waals surface area contributed by atoms with Gasteiger partial charge < -0.3 is 4.90 Å². The van der Waals surface area contributed by atoms with Crippen LogP contribution in [0.3, 0.4) is 0 Å². The number of carbonyl (C=O) groups is 1. The lowest BCUT2D eigenvalue weighted by Crippen LogP contribution is -2.25. The summed E-state index contributed by atoms with van der Waals surface area (Å²) >= 11 is 6.24. The molecule has 1 amide bonds. The number of carbonyl (C=O) groups excluding carboxylic acids is 1. The normalized spacial score (nSPS) is 12.3. The van der Waals surface area contributed by atoms with E-state index in [-0.39, 0.29) is 5.91 Å². The highest BCUT2D eigenvalue weighted by Crippen LogP contribution is 2.24. The van der Waals surface area contributed by atoms with Crippen LogP contribution in [0, 0.1) is 11.8 Å². The second-order valence-electron chi connectivity index (χ2n) is 5.93. The highest BCUT2D eigenvalue weighted by molar-refractivity contribution is 6.31. The molecule has 0 bridgehead atoms. The molecule has 0 saturated heterocycles. The van der Waals surface area contributed by atoms with E-state index in [4.69, 9.17) is 11.6 Å². The lowest BCUT2D eigenvalue weighted by atomic mass is 10.1. The lowest BCUT2D eigenvalue weighted by molar-refractivity contribution is 0.0750. The summed E-state index contributed by atoms with van der Waals surface area (Å²) < 4.78 is 0. The van der Waals surface area contributed by atoms with Gasteiger partial charge in [0.25, 0.3) is 5.91 Å². The van der Waals surface area contributed by atoms with Gasteiger partial charge in [0.15, 0.2) is 0 Å². The van der Waals surface area contributed by atoms with Crippen molar-refractivity contribution in [2.45, 2.75) is 13.1 Å². The molecule has 0 N–H and O–H groups in total. The van der Waals surface area contributed by atoms with E-state index in [1.807, 2.05) is 30.3 Å². The third-order valence-electron chi connectivity index (χ3n) is 4.18. The van der Waals surface area contributed by atoms with Crippen LogP contribution in [0.25, 0.3) is 0 Å². The molecule has 3 heterocycles. The van der Waals surface area contributed by atoms with Crippen molar-refractivity contribution in [3.05, 3.63) is 94.0 Å². The summed E-state index contributed by atoms with van der Waals surface area (Å²) in [5, 5.41) is 0.511. The SMILES string of the molecule is O=C(c1ccc(Cl)c(C#Cc2ccccn2)c1)N1Cc2cccnc2C1. The summed E-state index contributed by atoms with van der Waals surface area (Å²) in [4.78, 5) is 23.1. The van der Waals surface area contributed by atoms with Gasteiger partial charge in [-0.2, -0.15) is 0 Å². The van der Waals surface area contributed by atoms with Crippen molar-refractivity contribution in [2.24, 2.45) is 0 Å². The molecule has 1 aliphatic rings. The fourth-order valence-corrected chi connectivity index (χ4v) is 3.01. The van der Waals surface area contributed by atoms with Gasteiger partial charge >= 0.3 is 0 Å². The maximum Gasteiger partial charge on any atom is 0.254 e. The molecule has 0 saturated carbocycles. The van der Waals surface area contributed by atoms with Gasteiger partial charge in [-0.05, 0) is 47.9 Å². The molecule has 4 nitrogen and oxygen atoms in total. The Morgan fingerprint density at radius 1 is 1.00 bits per heavy atom. The van der Waals surface area contributed by atoms with Crippen LogP contribution in [0.2, 0.25) is 5.02 Å². The van der Waals surface area contributed by atoms with E-state index < -0.39 is 0 Å². The molecule has 2 aromatic heterocycles. The molecule has 3 aromatic rings. The number of hydrogen-bond donors (Lipinski definition) is 0. The average Bonchev–Trinajstić information content (AvgIpc) is 3.12. The Morgan fingerprint density at radius 3 is 2.69 bits per heavy atom. The van der Waals surface area contributed by atoms with Gasteiger partial charge in [0, 0.05) is 30.1 Å². The standard InChI is InChI=1S/C21H14ClN3O/c22-19-9-7-16(12-15(19)6-8-18-5-1-2-10-23-18)21(26)25-13-17-4-3-11-24-20(17)14-25/h1-5,7,9-12H,13-14H2. The molecule has 0 fully saturated rings. The van der Waals surface area contributed by atoms with Gasteiger partial charge in [-0.25, -0.2) is 4.98 Å². The van der Waals surface area contributed by atoms with Crippen molar-refractivity contribution >= 4 is 17.5 Å². The molecule has 0 unspecified atom stereocenters. The molecule has 1 aromatic carbocycles. The molecule has 1 aliphatic heterocycles. The first kappa shape index (κ1) is 16.3. The first-order chi connectivity index (χ1) is 12.7. The number of fused-ring (bicyclic) bond motifs is 1. The minimum atomic E-state index is -0.0550. The van der Waals surface area contributed by atoms with Crippen molar-refractivity contribution in [2.75, 3.05) is 0 Å². The number of halogens is 1. The van der Waals surface area contributed by atoms with Crippen molar-refractivity contribution < 1.29 is 4.79 Å². The highest BCUT2D eigenvalue weighted by atomic mass is 35.5. The Labute approximate surface area is 156 Å². The van der Waals surface area contributed by atoms with E-state index in [1.165, 1.54) is 0 Å². The van der Waals surface area contributed by atoms with Crippen LogP contribution in [0.5, 0.6) is 0 Å². The van der Waals surface area contributed by atoms with Crippen LogP contribution in [0.15, 0.2) is 60.9 Å². The molecule has 4 rings (SSSR count). The Morgan fingerprint density at radius 2 is 1.88 bits per heavy atom. The number of benzene rings is 1. The summed E-state index contributed by atoms with van der Waals surface area (Å²) in [7, 11) is 0. The van der Waals surface area contributed by atoms with Gasteiger partial charge in [-0.1, -0.05) is 29.7 Å². The number of nitrogens with zero attached hydrogens (tertiary/aromatic N) is 3. The zero-order valence-corrected chi connectivity index (χ0v) is 14.6. The Balaban J connectivity index is 1.59. The van der Waals surface area contributed by atoms with Gasteiger partial charge in [0.05, 0.1) is 17.3 Å². The number of pyridine rings is 2. The summed E-state index contributed by atoms with van der Waals surface area (Å²) in [6.45, 7) is 1.09. The summed E-state index contributed by atoms with van der Waals surface area (Å²) in [5.41, 5.74) is 3.86. The fraction of sp³-hybridized carbons (Fsp3) is 0.0952. The second-order valence-corrected chi connectivity index (χ2v) is 6.34. The fourth-order valence-electron chi connectivity index (χ4n) is 2.85. The van der Waals surface area contributed by atoms with Crippen molar-refractivity contribution in [3.8, 4) is 11.8 Å². The van der Waals surface area contributed by atoms with Gasteiger partial charge in [-0.15, -0.1) is 0 Å². The topological polar surface area (TPSA) is 46.1 Å². The van der Waals surface area contributed by atoms with Crippen LogP contribution in [-0.4, -0.2) is 20.8 Å². The number of amides is 1. The molecule has 0 spiro atoms. The summed E-state index contributed by atoms with van der Waals surface area (Å²) in [6, 6.07) is 14.6. The lowest BCUT2D eigenvalue weighted by Gasteiger charge is -2.15. The second kappa shape index (κ2) is 6.99. The molecular weight excluding hydrogens is 346 g/mol. The van der Waals surface area contributed by atoms with Crippen LogP contribution in [0.4, 0.5) is 0 Å². The largest absolute Gasteiger partial charge is 0.328 e. The Hall–Kier alpha value is -3.16. The Bertz CT molecular complexity index is 1010. The zero-order valence-electron chi connectivity index (χ0n) is 13.8. The quantitative estimate of drug-likeness (QED) is 0.622. The van der Waals surface area contributed by atoms with Crippen molar-refractivity contribution in [1.29, 1.82) is 0 Å². The van der Waals surface area contributed by atoms with E-state index in [2.05, 4.69) is 21.8 Å². The molecule has 0 atom stereocenters. The van der Waals surface area contributed by atoms with E-state index in [9.17, 15) is 4.79 Å². The van der Waals surface area contributed by atoms with Crippen molar-refractivity contribution in [3.63, 3.8) is 0 Å². The summed E-state index contributed by atoms with van der Waals surface area (Å²) in [5.74, 6) is 5.92. The molecule has 0 radical (unpaired) electrons. The minimum Gasteiger partial charge on any atom is -0.328 e. The van der Waals surface area contributed by atoms with Gasteiger partial charge in [-0.3, -0.25) is 9.78 Å². The summed E-state index contributed by atoms with van der Waals surface area (Å²) in [6.07, 6.45) is 3.44. The van der Waals surface area contributed by atoms with Crippen LogP contribution in [0.1, 0.15) is 32.9 Å². The van der Waals surface area contributed by atoms with E-state index in [1.54, 1.807) is 35.5 Å². The molecule has 0 aliphatic carbocycles. The molecule has 5 heteroatoms. The minimum absolute atomic E-state index is 0.0550. The van der Waals surface area contributed by atoms with Crippen LogP contribution >= 0.6 is 11.6 Å². The van der Waals surface area contributed by atoms with Crippen molar-refractivity contribution in [1.82, 2.24) is 14.9 Å². The molecule has 126 valence electrons. The maximum atomic E-state index is 12.8. The predicted molar refractivity (Wildman–Crippen MR) is 99.5 cm³/mol. The van der Waals surface area contributed by atoms with Gasteiger partial charge in [0.1, 0.15) is 5.69 Å².